The van der Waals surface area contributed by atoms with Crippen LogP contribution in [0.5, 0.6) is 51.7 Å². The molecule has 4 atom stereocenters. The van der Waals surface area contributed by atoms with E-state index in [1.165, 1.54) is 101 Å². The summed E-state index contributed by atoms with van der Waals surface area (Å²) >= 11 is 6.09. The number of aliphatic hydroxyl groups excluding tert-OH is 8. The number of aromatic amines is 4. The molecule has 4 heterocycles. The summed E-state index contributed by atoms with van der Waals surface area (Å²) in [4.78, 5) is 67.5. The Labute approximate surface area is 824 Å². The Balaban J connectivity index is 0.000000161. The number of ketones is 4. The fraction of sp³-hybridized carbons (Fsp3) is 0.215. The van der Waals surface area contributed by atoms with E-state index in [-0.39, 0.29) is 120 Å². The number of ether oxygens (including phenoxy) is 9. The zero-order valence-corrected chi connectivity index (χ0v) is 79.3. The van der Waals surface area contributed by atoms with Crippen LogP contribution in [-0.4, -0.2) is 172 Å². The summed E-state index contributed by atoms with van der Waals surface area (Å²) in [6, 6.07) is 44.5. The Morgan fingerprint density at radius 3 is 0.972 bits per heavy atom. The molecule has 4 aromatic heterocycles. The number of hydrogen-bond donors (Lipinski definition) is 16. The van der Waals surface area contributed by atoms with Crippen LogP contribution in [0.1, 0.15) is 121 Å². The molecule has 0 bridgehead atoms. The van der Waals surface area contributed by atoms with Gasteiger partial charge < -0.3 is 125 Å². The third-order valence-electron chi connectivity index (χ3n) is 23.1. The van der Waals surface area contributed by atoms with Gasteiger partial charge in [0.1, 0.15) is 131 Å². The molecule has 0 aliphatic rings. The van der Waals surface area contributed by atoms with E-state index in [9.17, 15) is 70.3 Å². The lowest BCUT2D eigenvalue weighted by Gasteiger charge is -2.22. The minimum Gasteiger partial charge on any atom is -0.497 e. The van der Waals surface area contributed by atoms with Gasteiger partial charge in [-0.25, -0.2) is 30.7 Å². The van der Waals surface area contributed by atoms with Gasteiger partial charge in [-0.1, -0.05) is 41.9 Å². The second-order valence-electron chi connectivity index (χ2n) is 32.4. The highest BCUT2D eigenvalue weighted by Crippen LogP contribution is 2.42. The number of nitrogens with one attached hydrogen (secondary N) is 8. The highest BCUT2D eigenvalue weighted by molar-refractivity contribution is 6.31. The SMILES string of the molecule is COc1cc(NC(C(=O)c2c[nH]c3c(C)c(OC)ccc23)c2ccc(F)cc2CO)cc(OCCO)c1.COc1cc(NC(C(=O)c2c[nH]c3c(F)cc(C)cc23)c2ccc(F)cc2CO)cc(OCCO)c1.COc1cc(NC(C(=O)c2c[nH]c3cc(Cl)ccc23)c2ccc(F)cc2CO)cc(OCCO)c1.COc1cc(NC(C(=O)c2c[nH]c3cc(F)c(F)cc23)c2ccc(F)cc2CO)cc(OCCO)c1. The van der Waals surface area contributed by atoms with E-state index >= 15 is 0 Å². The average Bonchev–Trinajstić information content (AvgIpc) is 1.61. The molecule has 0 aliphatic carbocycles. The summed E-state index contributed by atoms with van der Waals surface area (Å²) in [6.45, 7) is 1.20. The van der Waals surface area contributed by atoms with Crippen molar-refractivity contribution in [3.05, 3.63) is 349 Å². The number of halogens is 8. The standard InChI is InChI=1S/C28H29FN2O6.C27H26F2N2O5.C26H24ClFN2O5.C26H23F3N2O5/c1-16-25(36-3)7-6-23-24(14-30-26(16)23)28(34)27(22-5-4-18(29)10-17(22)15-33)31-19-11-20(35-2)13-21(12-19)37-9-8-32;1-15-7-22-23(13-30-25(22)24(29)8-15)27(34)26(21-4-3-17(28)9-16(21)14-33)31-18-10-19(35-2)12-20(11-18)36-6-5-32;1-34-19-10-18(11-20(12-19)35-7-6-31)30-25(21-5-3-17(28)8-15(21)14-32)26(33)23-13-29-24-9-16(27)2-4-22(23)24;1-35-17-7-16(8-18(9-17)36-5-4-32)31-25(19-3-2-15(27)6-14(19)13-33)26(34)21-12-30-24-11-23(29)22(28)10-20(21)24/h4-7,10-14,27,30-33H,8-9,15H2,1-3H3;3-4,7-13,26,30-33H,5-6,14H2,1-2H3;2-5,8-13,25,29-32H,6-7,14H2,1H3;2-3,6-12,25,30-33H,4-5,13H2,1H3. The largest absolute Gasteiger partial charge is 0.497 e. The molecule has 16 aromatic rings. The quantitative estimate of drug-likeness (QED) is 0.0125. The van der Waals surface area contributed by atoms with Gasteiger partial charge in [0.15, 0.2) is 34.8 Å². The molecule has 16 rings (SSSR count). The lowest BCUT2D eigenvalue weighted by molar-refractivity contribution is 0.0962. The number of fused-ring (bicyclic) bond motifs is 4. The van der Waals surface area contributed by atoms with Crippen molar-refractivity contribution in [3.63, 3.8) is 0 Å². The number of hydrogen-bond acceptors (Lipinski definition) is 25. The zero-order valence-electron chi connectivity index (χ0n) is 78.6. The van der Waals surface area contributed by atoms with Gasteiger partial charge in [0.25, 0.3) is 0 Å². The van der Waals surface area contributed by atoms with Crippen LogP contribution in [0.25, 0.3) is 43.6 Å². The van der Waals surface area contributed by atoms with E-state index in [0.29, 0.717) is 135 Å². The van der Waals surface area contributed by atoms with Gasteiger partial charge in [-0.05, 0) is 155 Å². The van der Waals surface area contributed by atoms with Crippen molar-refractivity contribution in [1.29, 1.82) is 0 Å². The summed E-state index contributed by atoms with van der Waals surface area (Å²) < 4.78 is 147. The van der Waals surface area contributed by atoms with E-state index in [1.807, 2.05) is 13.0 Å². The summed E-state index contributed by atoms with van der Waals surface area (Å²) in [6.07, 6.45) is 6.01. The molecule has 12 aromatic carbocycles. The summed E-state index contributed by atoms with van der Waals surface area (Å²) in [7, 11) is 7.51. The number of aliphatic hydroxyl groups is 8. The fourth-order valence-corrected chi connectivity index (χ4v) is 16.5. The van der Waals surface area contributed by atoms with Gasteiger partial charge >= 0.3 is 0 Å². The van der Waals surface area contributed by atoms with Crippen LogP contribution >= 0.6 is 11.6 Å². The van der Waals surface area contributed by atoms with Gasteiger partial charge in [-0.3, -0.25) is 19.2 Å². The monoisotopic (exact) mass is 2000 g/mol. The molecule has 144 heavy (non-hydrogen) atoms. The number of H-pyrrole nitrogens is 4. The number of rotatable bonds is 41. The van der Waals surface area contributed by atoms with E-state index in [2.05, 4.69) is 41.2 Å². The highest BCUT2D eigenvalue weighted by atomic mass is 35.5. The summed E-state index contributed by atoms with van der Waals surface area (Å²) in [5.41, 5.74) is 8.75. The van der Waals surface area contributed by atoms with Crippen molar-refractivity contribution < 1.29 is 133 Å². The lowest BCUT2D eigenvalue weighted by atomic mass is 9.92. The Kier molecular flexibility index (Phi) is 36.1. The van der Waals surface area contributed by atoms with Crippen molar-refractivity contribution >= 4 is 101 Å². The fourth-order valence-electron chi connectivity index (χ4n) is 16.4. The number of methoxy groups -OCH3 is 5. The Morgan fingerprint density at radius 2 is 0.625 bits per heavy atom. The molecule has 0 saturated carbocycles. The second-order valence-corrected chi connectivity index (χ2v) is 32.9. The molecule has 0 saturated heterocycles. The average molecular weight is 2000 g/mol. The second kappa shape index (κ2) is 49.2. The third kappa shape index (κ3) is 25.3. The minimum absolute atomic E-state index is 0.0268. The normalized spacial score (nSPS) is 11.9. The number of Topliss-reactive ketones (excluding diaryl/α,β-unsaturated/α-hetero) is 4. The van der Waals surface area contributed by atoms with Crippen LogP contribution in [0.4, 0.5) is 53.5 Å². The van der Waals surface area contributed by atoms with Crippen molar-refractivity contribution in [3.8, 4) is 51.7 Å². The number of benzene rings is 12. The zero-order chi connectivity index (χ0) is 103. The van der Waals surface area contributed by atoms with Gasteiger partial charge in [0, 0.05) is 192 Å². The van der Waals surface area contributed by atoms with Gasteiger partial charge in [-0.15, -0.1) is 0 Å². The van der Waals surface area contributed by atoms with Crippen LogP contribution < -0.4 is 63.9 Å². The molecule has 0 amide bonds. The first-order chi connectivity index (χ1) is 69.5. The Morgan fingerprint density at radius 1 is 0.312 bits per heavy atom. The smallest absolute Gasteiger partial charge is 0.191 e. The topological polar surface area (TPSA) is 424 Å². The molecule has 0 radical (unpaired) electrons. The van der Waals surface area contributed by atoms with Crippen LogP contribution in [0.3, 0.4) is 0 Å². The lowest BCUT2D eigenvalue weighted by Crippen LogP contribution is -2.23. The molecule has 29 nitrogen and oxygen atoms in total. The van der Waals surface area contributed by atoms with Crippen molar-refractivity contribution in [1.82, 2.24) is 19.9 Å². The van der Waals surface area contributed by atoms with Crippen LogP contribution in [-0.2, 0) is 26.4 Å². The van der Waals surface area contributed by atoms with E-state index in [0.717, 1.165) is 41.4 Å². The minimum atomic E-state index is -1.17. The van der Waals surface area contributed by atoms with Crippen LogP contribution in [0, 0.1) is 54.6 Å². The van der Waals surface area contributed by atoms with Gasteiger partial charge in [0.05, 0.1) is 99.4 Å². The number of anilines is 4. The molecule has 0 spiro atoms. The van der Waals surface area contributed by atoms with E-state index in [4.69, 9.17) is 74.7 Å². The maximum atomic E-state index is 14.5. The maximum absolute atomic E-state index is 14.5. The molecule has 752 valence electrons. The van der Waals surface area contributed by atoms with Gasteiger partial charge in [-0.2, -0.15) is 0 Å². The first-order valence-corrected chi connectivity index (χ1v) is 45.0. The molecular weight excluding hydrogens is 1900 g/mol. The summed E-state index contributed by atoms with van der Waals surface area (Å²) in [5, 5.41) is 91.2. The molecule has 0 fully saturated rings. The van der Waals surface area contributed by atoms with E-state index in [1.54, 1.807) is 130 Å². The maximum Gasteiger partial charge on any atom is 0.191 e. The van der Waals surface area contributed by atoms with E-state index < -0.39 is 103 Å². The Hall–Kier alpha value is -15.6. The first kappa shape index (κ1) is 106. The highest BCUT2D eigenvalue weighted by Gasteiger charge is 2.34. The Bertz CT molecular complexity index is 7280. The predicted molar refractivity (Wildman–Crippen MR) is 528 cm³/mol. The molecule has 16 N–H and O–H groups in total. The number of carbonyl (C=O) groups is 4. The number of carbonyl (C=O) groups excluding carboxylic acids is 4. The van der Waals surface area contributed by atoms with Crippen molar-refractivity contribution in [2.75, 3.05) is 110 Å². The predicted octanol–water partition coefficient (Wildman–Crippen LogP) is 18.6. The number of aryl methyl sites for hydroxylation is 2. The third-order valence-corrected chi connectivity index (χ3v) is 23.4. The molecule has 37 heteroatoms. The first-order valence-electron chi connectivity index (χ1n) is 44.7. The molecular formula is C107H102ClF7N8O21. The molecule has 4 unspecified atom stereocenters. The molecule has 0 aliphatic heterocycles. The van der Waals surface area contributed by atoms with Crippen LogP contribution in [0.2, 0.25) is 5.02 Å². The summed E-state index contributed by atoms with van der Waals surface area (Å²) in [5.74, 6) is -2.36. The van der Waals surface area contributed by atoms with Crippen LogP contribution in [0.15, 0.2) is 225 Å². The van der Waals surface area contributed by atoms with Gasteiger partial charge in [0.2, 0.25) is 0 Å². The number of aromatic nitrogens is 4. The van der Waals surface area contributed by atoms with Crippen molar-refractivity contribution in [2.24, 2.45) is 0 Å². The van der Waals surface area contributed by atoms with Crippen molar-refractivity contribution in [2.45, 2.75) is 64.4 Å².